The molecule has 0 unspecified atom stereocenters. The molecule has 132 valence electrons. The molecule has 1 saturated heterocycles. The number of piperidine rings is 1. The molecule has 3 heteroatoms. The van der Waals surface area contributed by atoms with E-state index in [4.69, 9.17) is 0 Å². The van der Waals surface area contributed by atoms with Crippen molar-refractivity contribution >= 4 is 12.0 Å². The zero-order valence-corrected chi connectivity index (χ0v) is 15.5. The second-order valence-corrected chi connectivity index (χ2v) is 7.58. The molecule has 0 aliphatic carbocycles. The molecule has 24 heavy (non-hydrogen) atoms. The summed E-state index contributed by atoms with van der Waals surface area (Å²) in [5.41, 5.74) is 2.69. The minimum Gasteiger partial charge on any atom is -0.356 e. The topological polar surface area (TPSA) is 33.5 Å². The predicted octanol–water partition coefficient (Wildman–Crippen LogP) is 2.55. The van der Waals surface area contributed by atoms with Crippen LogP contribution in [0.5, 0.6) is 0 Å². The third kappa shape index (κ3) is 6.48. The second kappa shape index (κ2) is 9.63. The first-order valence-electron chi connectivity index (χ1n) is 9.38. The molecule has 1 fully saturated rings. The smallest absolute Gasteiger partial charge is 0.223 e. The maximum absolute atomic E-state index is 12.2. The van der Waals surface area contributed by atoms with Crippen molar-refractivity contribution in [3.8, 4) is 0 Å². The number of carbonyl (C=O) groups is 1. The molecule has 0 radical (unpaired) electrons. The second-order valence-electron chi connectivity index (χ2n) is 7.58. The molecule has 1 aliphatic rings. The monoisotopic (exact) mass is 329 g/mol. The molecule has 1 aromatic carbocycles. The molecule has 2 N–H and O–H groups in total. The quantitative estimate of drug-likeness (QED) is 0.792. The zero-order chi connectivity index (χ0) is 17.4. The van der Waals surface area contributed by atoms with Crippen molar-refractivity contribution in [2.45, 2.75) is 40.0 Å². The van der Waals surface area contributed by atoms with Gasteiger partial charge < -0.3 is 10.2 Å². The fourth-order valence-electron chi connectivity index (χ4n) is 3.37. The molecule has 1 heterocycles. The summed E-state index contributed by atoms with van der Waals surface area (Å²) < 4.78 is 0. The zero-order valence-electron chi connectivity index (χ0n) is 15.5. The molecule has 0 aromatic heterocycles. The number of likely N-dealkylation sites (tertiary alicyclic amines) is 1. The summed E-state index contributed by atoms with van der Waals surface area (Å²) in [7, 11) is 0. The average molecular weight is 330 g/mol. The lowest BCUT2D eigenvalue weighted by molar-refractivity contribution is -0.900. The van der Waals surface area contributed by atoms with Crippen LogP contribution in [-0.4, -0.2) is 32.1 Å². The van der Waals surface area contributed by atoms with Crippen molar-refractivity contribution < 1.29 is 9.69 Å². The number of carbonyl (C=O) groups excluding carboxylic acids is 1. The van der Waals surface area contributed by atoms with E-state index in [1.165, 1.54) is 11.1 Å². The van der Waals surface area contributed by atoms with E-state index in [9.17, 15) is 4.79 Å². The molecule has 0 bridgehead atoms. The first kappa shape index (κ1) is 18.7. The van der Waals surface area contributed by atoms with Crippen LogP contribution in [-0.2, 0) is 4.79 Å². The van der Waals surface area contributed by atoms with Crippen LogP contribution in [0.2, 0.25) is 0 Å². The van der Waals surface area contributed by atoms with Crippen LogP contribution >= 0.6 is 0 Å². The summed E-state index contributed by atoms with van der Waals surface area (Å²) in [4.78, 5) is 13.8. The SMILES string of the molecule is C/C(=C\c1ccccc1)C[NH+]1CCC(C(=O)NCCC(C)C)CC1. The van der Waals surface area contributed by atoms with Crippen LogP contribution in [0.15, 0.2) is 35.9 Å². The van der Waals surface area contributed by atoms with Gasteiger partial charge in [-0.05, 0) is 30.4 Å². The van der Waals surface area contributed by atoms with Crippen LogP contribution in [0, 0.1) is 11.8 Å². The third-order valence-electron chi connectivity index (χ3n) is 4.83. The Hall–Kier alpha value is -1.61. The molecule has 0 spiro atoms. The Labute approximate surface area is 147 Å². The minimum absolute atomic E-state index is 0.222. The summed E-state index contributed by atoms with van der Waals surface area (Å²) in [6, 6.07) is 10.5. The molecule has 3 nitrogen and oxygen atoms in total. The maximum atomic E-state index is 12.2. The van der Waals surface area contributed by atoms with Crippen LogP contribution in [0.4, 0.5) is 0 Å². The van der Waals surface area contributed by atoms with Gasteiger partial charge in [0.1, 0.15) is 0 Å². The Morgan fingerprint density at radius 2 is 1.92 bits per heavy atom. The first-order chi connectivity index (χ1) is 11.5. The van der Waals surface area contributed by atoms with Crippen molar-refractivity contribution in [2.75, 3.05) is 26.2 Å². The Bertz CT molecular complexity index is 528. The normalized spacial score (nSPS) is 21.8. The highest BCUT2D eigenvalue weighted by Gasteiger charge is 2.27. The lowest BCUT2D eigenvalue weighted by Gasteiger charge is -2.29. The lowest BCUT2D eigenvalue weighted by Crippen LogP contribution is -3.13. The Kier molecular flexibility index (Phi) is 7.51. The van der Waals surface area contributed by atoms with Gasteiger partial charge in [-0.2, -0.15) is 0 Å². The van der Waals surface area contributed by atoms with E-state index in [2.05, 4.69) is 62.5 Å². The summed E-state index contributed by atoms with van der Waals surface area (Å²) in [6.45, 7) is 10.7. The maximum Gasteiger partial charge on any atom is 0.223 e. The van der Waals surface area contributed by atoms with E-state index < -0.39 is 0 Å². The van der Waals surface area contributed by atoms with Gasteiger partial charge in [0.05, 0.1) is 19.6 Å². The number of rotatable bonds is 7. The summed E-state index contributed by atoms with van der Waals surface area (Å²) in [6.07, 6.45) is 5.37. The Morgan fingerprint density at radius 1 is 1.25 bits per heavy atom. The predicted molar refractivity (Wildman–Crippen MR) is 101 cm³/mol. The van der Waals surface area contributed by atoms with E-state index in [0.29, 0.717) is 5.92 Å². The highest BCUT2D eigenvalue weighted by atomic mass is 16.1. The number of nitrogens with one attached hydrogen (secondary N) is 2. The average Bonchev–Trinajstić information content (AvgIpc) is 2.56. The van der Waals surface area contributed by atoms with Gasteiger partial charge in [-0.25, -0.2) is 0 Å². The van der Waals surface area contributed by atoms with Gasteiger partial charge in [0.15, 0.2) is 0 Å². The highest BCUT2D eigenvalue weighted by Crippen LogP contribution is 2.11. The molecule has 1 amide bonds. The highest BCUT2D eigenvalue weighted by molar-refractivity contribution is 5.78. The van der Waals surface area contributed by atoms with E-state index in [1.807, 2.05) is 0 Å². The van der Waals surface area contributed by atoms with Gasteiger partial charge in [0.25, 0.3) is 0 Å². The molecular formula is C21H33N2O+. The van der Waals surface area contributed by atoms with E-state index >= 15 is 0 Å². The van der Waals surface area contributed by atoms with E-state index in [-0.39, 0.29) is 11.8 Å². The van der Waals surface area contributed by atoms with Crippen molar-refractivity contribution in [1.29, 1.82) is 0 Å². The van der Waals surface area contributed by atoms with Gasteiger partial charge in [0, 0.05) is 25.3 Å². The molecule has 1 aliphatic heterocycles. The van der Waals surface area contributed by atoms with E-state index in [0.717, 1.165) is 45.4 Å². The van der Waals surface area contributed by atoms with Gasteiger partial charge in [-0.15, -0.1) is 0 Å². The summed E-state index contributed by atoms with van der Waals surface area (Å²) >= 11 is 0. The third-order valence-corrected chi connectivity index (χ3v) is 4.83. The Balaban J connectivity index is 1.72. The summed E-state index contributed by atoms with van der Waals surface area (Å²) in [5, 5.41) is 3.11. The molecule has 0 atom stereocenters. The van der Waals surface area contributed by atoms with Crippen LogP contribution in [0.3, 0.4) is 0 Å². The molecular weight excluding hydrogens is 296 g/mol. The van der Waals surface area contributed by atoms with Crippen LogP contribution in [0.25, 0.3) is 6.08 Å². The van der Waals surface area contributed by atoms with Crippen molar-refractivity contribution in [1.82, 2.24) is 5.32 Å². The molecule has 0 saturated carbocycles. The van der Waals surface area contributed by atoms with Crippen molar-refractivity contribution in [3.05, 3.63) is 41.5 Å². The van der Waals surface area contributed by atoms with E-state index in [1.54, 1.807) is 4.90 Å². The number of hydrogen-bond acceptors (Lipinski definition) is 1. The fourth-order valence-corrected chi connectivity index (χ4v) is 3.37. The van der Waals surface area contributed by atoms with Gasteiger partial charge >= 0.3 is 0 Å². The standard InChI is InChI=1S/C21H32N2O/c1-17(2)9-12-22-21(24)20-10-13-23(14-11-20)16-18(3)15-19-7-5-4-6-8-19/h4-8,15,17,20H,9-14,16H2,1-3H3,(H,22,24)/p+1/b18-15+. The van der Waals surface area contributed by atoms with Gasteiger partial charge in [-0.1, -0.05) is 50.3 Å². The Morgan fingerprint density at radius 3 is 2.54 bits per heavy atom. The van der Waals surface area contributed by atoms with Crippen LogP contribution < -0.4 is 10.2 Å². The molecule has 2 rings (SSSR count). The largest absolute Gasteiger partial charge is 0.356 e. The number of hydrogen-bond donors (Lipinski definition) is 2. The number of quaternary nitrogens is 1. The molecule has 1 aromatic rings. The van der Waals surface area contributed by atoms with Crippen molar-refractivity contribution in [3.63, 3.8) is 0 Å². The van der Waals surface area contributed by atoms with Crippen LogP contribution in [0.1, 0.15) is 45.6 Å². The van der Waals surface area contributed by atoms with Gasteiger partial charge in [-0.3, -0.25) is 4.79 Å². The lowest BCUT2D eigenvalue weighted by atomic mass is 9.95. The minimum atomic E-state index is 0.222. The number of amides is 1. The fraction of sp³-hybridized carbons (Fsp3) is 0.571. The van der Waals surface area contributed by atoms with Gasteiger partial charge in [0.2, 0.25) is 5.91 Å². The number of benzene rings is 1. The first-order valence-corrected chi connectivity index (χ1v) is 9.38. The van der Waals surface area contributed by atoms with Crippen molar-refractivity contribution in [2.24, 2.45) is 11.8 Å². The summed E-state index contributed by atoms with van der Waals surface area (Å²) in [5.74, 6) is 1.14.